The number of rotatable bonds is 8. The molecule has 2 aromatic rings. The Labute approximate surface area is 175 Å². The van der Waals surface area contributed by atoms with Crippen LogP contribution in [0.5, 0.6) is 0 Å². The molecule has 0 bridgehead atoms. The molecule has 0 atom stereocenters. The number of isothiocyanates is 2. The lowest BCUT2D eigenvalue weighted by atomic mass is 10.1. The van der Waals surface area contributed by atoms with Gasteiger partial charge in [0.25, 0.3) is 10.1 Å². The van der Waals surface area contributed by atoms with Gasteiger partial charge in [0.2, 0.25) is 0 Å². The molecule has 0 heterocycles. The van der Waals surface area contributed by atoms with E-state index in [1.165, 1.54) is 24.3 Å². The lowest BCUT2D eigenvalue weighted by molar-refractivity contribution is -0.432. The monoisotopic (exact) mass is 454 g/mol. The summed E-state index contributed by atoms with van der Waals surface area (Å²) in [7, 11) is -4.51. The Morgan fingerprint density at radius 3 is 2.14 bits per heavy atom. The molecular weight excluding hydrogens is 444 g/mol. The number of benzene rings is 2. The molecule has 144 valence electrons. The van der Waals surface area contributed by atoms with E-state index in [0.717, 1.165) is 0 Å². The second kappa shape index (κ2) is 10.5. The second-order valence-corrected chi connectivity index (χ2v) is 7.38. The van der Waals surface area contributed by atoms with Crippen LogP contribution in [0.4, 0.5) is 11.4 Å². The third kappa shape index (κ3) is 6.23. The predicted octanol–water partition coefficient (Wildman–Crippen LogP) is 5.00. The minimum absolute atomic E-state index is 0.210. The quantitative estimate of drug-likeness (QED) is 0.108. The van der Waals surface area contributed by atoms with Gasteiger partial charge >= 0.3 is 0 Å². The maximum absolute atomic E-state index is 11.7. The fourth-order valence-electron chi connectivity index (χ4n) is 2.09. The summed E-state index contributed by atoms with van der Waals surface area (Å²) >= 11 is 9.75. The predicted molar refractivity (Wildman–Crippen MR) is 112 cm³/mol. The van der Waals surface area contributed by atoms with Gasteiger partial charge in [-0.05, 0) is 59.8 Å². The largest absolute Gasteiger partial charge is 0.295 e. The van der Waals surface area contributed by atoms with Crippen LogP contribution in [0.25, 0.3) is 12.2 Å². The van der Waals surface area contributed by atoms with Gasteiger partial charge in [-0.3, -0.25) is 4.55 Å². The molecule has 12 heteroatoms. The second-order valence-electron chi connectivity index (χ2n) is 4.88. The summed E-state index contributed by atoms with van der Waals surface area (Å²) in [6.07, 6.45) is 3.04. The average Bonchev–Trinajstić information content (AvgIpc) is 2.66. The zero-order chi connectivity index (χ0) is 20.6. The van der Waals surface area contributed by atoms with Crippen molar-refractivity contribution in [2.75, 3.05) is 0 Å². The molecule has 2 N–H and O–H groups in total. The minimum Gasteiger partial charge on any atom is -0.282 e. The van der Waals surface area contributed by atoms with E-state index < -0.39 is 10.1 Å². The van der Waals surface area contributed by atoms with E-state index >= 15 is 0 Å². The molecule has 2 aromatic carbocycles. The van der Waals surface area contributed by atoms with Gasteiger partial charge in [0, 0.05) is 4.90 Å². The summed E-state index contributed by atoms with van der Waals surface area (Å²) in [6, 6.07) is 9.03. The molecule has 0 unspecified atom stereocenters. The first-order valence-electron chi connectivity index (χ1n) is 7.13. The maximum Gasteiger partial charge on any atom is 0.295 e. The lowest BCUT2D eigenvalue weighted by Gasteiger charge is -2.06. The molecule has 0 aromatic heterocycles. The van der Waals surface area contributed by atoms with Crippen LogP contribution in [0.2, 0.25) is 0 Å². The summed E-state index contributed by atoms with van der Waals surface area (Å²) < 4.78 is 37.3. The first-order chi connectivity index (χ1) is 13.4. The Hall–Kier alpha value is -2.08. The smallest absolute Gasteiger partial charge is 0.282 e. The molecule has 28 heavy (non-hydrogen) atoms. The van der Waals surface area contributed by atoms with Gasteiger partial charge in [0.05, 0.1) is 33.7 Å². The van der Waals surface area contributed by atoms with Crippen molar-refractivity contribution in [3.05, 3.63) is 47.5 Å². The van der Waals surface area contributed by atoms with Crippen LogP contribution >= 0.6 is 36.5 Å². The number of hydrogen-bond donors (Lipinski definition) is 2. The van der Waals surface area contributed by atoms with Crippen LogP contribution in [0.1, 0.15) is 11.1 Å². The van der Waals surface area contributed by atoms with E-state index in [1.807, 2.05) is 0 Å². The zero-order valence-electron chi connectivity index (χ0n) is 13.7. The van der Waals surface area contributed by atoms with E-state index in [4.69, 9.17) is 5.26 Å². The van der Waals surface area contributed by atoms with Crippen LogP contribution in [-0.4, -0.2) is 28.6 Å². The maximum atomic E-state index is 11.7. The van der Waals surface area contributed by atoms with Gasteiger partial charge < -0.3 is 0 Å². The van der Waals surface area contributed by atoms with Crippen LogP contribution in [-0.2, 0) is 19.5 Å². The molecule has 0 aliphatic rings. The highest BCUT2D eigenvalue weighted by Gasteiger charge is 2.15. The fourth-order valence-corrected chi connectivity index (χ4v) is 3.51. The third-order valence-electron chi connectivity index (χ3n) is 3.22. The van der Waals surface area contributed by atoms with E-state index in [2.05, 4.69) is 54.1 Å². The van der Waals surface area contributed by atoms with Crippen molar-refractivity contribution in [3.63, 3.8) is 0 Å². The van der Waals surface area contributed by atoms with Crippen LogP contribution in [0.3, 0.4) is 0 Å². The van der Waals surface area contributed by atoms with Crippen LogP contribution in [0, 0.1) is 0 Å². The van der Waals surface area contributed by atoms with Crippen LogP contribution < -0.4 is 0 Å². The molecule has 0 saturated carbocycles. The Bertz CT molecular complexity index is 1100. The van der Waals surface area contributed by atoms with Crippen molar-refractivity contribution in [2.24, 2.45) is 9.98 Å². The highest BCUT2D eigenvalue weighted by molar-refractivity contribution is 7.94. The molecule has 2 rings (SSSR count). The number of thiocarbonyl (C=S) groups is 2. The van der Waals surface area contributed by atoms with Gasteiger partial charge in [-0.25, -0.2) is 5.26 Å². The average molecular weight is 455 g/mol. The summed E-state index contributed by atoms with van der Waals surface area (Å²) in [6.45, 7) is 0. The Morgan fingerprint density at radius 1 is 1.00 bits per heavy atom. The molecule has 0 aliphatic heterocycles. The van der Waals surface area contributed by atoms with E-state index in [9.17, 15) is 13.0 Å². The van der Waals surface area contributed by atoms with Crippen molar-refractivity contribution in [3.8, 4) is 0 Å². The molecule has 8 nitrogen and oxygen atoms in total. The SMILES string of the molecule is O=S(=O)(O)c1cc(N=C=S)ccc1/C=C/c1ccc(N=C=S)cc1SOOO. The van der Waals surface area contributed by atoms with Gasteiger partial charge in [0.1, 0.15) is 4.90 Å². The van der Waals surface area contributed by atoms with Gasteiger partial charge in [-0.2, -0.15) is 18.4 Å². The summed E-state index contributed by atoms with van der Waals surface area (Å²) in [5.41, 5.74) is 1.50. The highest BCUT2D eigenvalue weighted by Crippen LogP contribution is 2.30. The van der Waals surface area contributed by atoms with E-state index in [0.29, 0.717) is 28.2 Å². The number of hydrogen-bond acceptors (Lipinski definition) is 10. The molecular formula is C16H10N2O6S4. The van der Waals surface area contributed by atoms with Crippen molar-refractivity contribution in [1.29, 1.82) is 0 Å². The van der Waals surface area contributed by atoms with Crippen molar-refractivity contribution in [2.45, 2.75) is 9.79 Å². The zero-order valence-corrected chi connectivity index (χ0v) is 16.9. The molecule has 0 amide bonds. The van der Waals surface area contributed by atoms with Gasteiger partial charge in [0.15, 0.2) is 0 Å². The Balaban J connectivity index is 2.50. The first-order valence-corrected chi connectivity index (χ1v) is 10.1. The lowest BCUT2D eigenvalue weighted by Crippen LogP contribution is -2.00. The number of nitrogens with zero attached hydrogens (tertiary/aromatic N) is 2. The van der Waals surface area contributed by atoms with E-state index in [1.54, 1.807) is 24.3 Å². The van der Waals surface area contributed by atoms with Crippen molar-refractivity contribution in [1.82, 2.24) is 0 Å². The Morgan fingerprint density at radius 2 is 1.57 bits per heavy atom. The minimum atomic E-state index is -4.51. The molecule has 0 radical (unpaired) electrons. The fraction of sp³-hybridized carbons (Fsp3) is 0. The third-order valence-corrected chi connectivity index (χ3v) is 4.97. The van der Waals surface area contributed by atoms with Gasteiger partial charge in [-0.15, -0.1) is 4.33 Å². The topological polar surface area (TPSA) is 118 Å². The van der Waals surface area contributed by atoms with Crippen molar-refractivity contribution < 1.29 is 27.6 Å². The standard InChI is InChI=1S/C16H10N2O6S4/c19-23-24-27-15-7-13(17-9-25)5-3-11(15)1-2-12-4-6-14(18-10-26)8-16(12)28(20,21)22/h1-8,19H,(H,20,21,22)/b2-1+. The molecule has 0 aliphatic carbocycles. The van der Waals surface area contributed by atoms with E-state index in [-0.39, 0.29) is 16.1 Å². The first kappa shape index (κ1) is 22.2. The number of aliphatic imine (C=N–C) groups is 2. The molecule has 0 saturated heterocycles. The summed E-state index contributed by atoms with van der Waals surface area (Å²) in [4.78, 5) is 7.67. The Kier molecular flexibility index (Phi) is 8.30. The van der Waals surface area contributed by atoms with Gasteiger partial charge in [-0.1, -0.05) is 29.3 Å². The highest BCUT2D eigenvalue weighted by atomic mass is 32.2. The van der Waals surface area contributed by atoms with Crippen molar-refractivity contribution >= 4 is 80.4 Å². The molecule has 0 spiro atoms. The normalized spacial score (nSPS) is 11.1. The molecule has 0 fully saturated rings. The summed E-state index contributed by atoms with van der Waals surface area (Å²) in [5.74, 6) is 0. The van der Waals surface area contributed by atoms with Crippen LogP contribution in [0.15, 0.2) is 56.2 Å². The summed E-state index contributed by atoms with van der Waals surface area (Å²) in [5, 5.41) is 16.3.